The number of rotatable bonds is 6. The number of benzene rings is 1. The molecule has 0 fully saturated rings. The average Bonchev–Trinajstić information content (AvgIpc) is 2.28. The minimum absolute atomic E-state index is 0.173. The molecule has 0 bridgehead atoms. The van der Waals surface area contributed by atoms with Crippen LogP contribution in [0.1, 0.15) is 13.3 Å². The van der Waals surface area contributed by atoms with Crippen molar-refractivity contribution in [3.05, 3.63) is 24.3 Å². The summed E-state index contributed by atoms with van der Waals surface area (Å²) >= 11 is 3.22. The van der Waals surface area contributed by atoms with Gasteiger partial charge in [0.25, 0.3) is 0 Å². The van der Waals surface area contributed by atoms with E-state index in [9.17, 15) is 8.42 Å². The van der Waals surface area contributed by atoms with Crippen LogP contribution in [0.2, 0.25) is 0 Å². The second-order valence-corrected chi connectivity index (χ2v) is 6.17. The average molecular weight is 307 g/mol. The predicted molar refractivity (Wildman–Crippen MR) is 68.1 cm³/mol. The third-order valence-corrected chi connectivity index (χ3v) is 4.42. The zero-order valence-electron chi connectivity index (χ0n) is 9.15. The van der Waals surface area contributed by atoms with Gasteiger partial charge in [-0.15, -0.1) is 0 Å². The highest BCUT2D eigenvalue weighted by atomic mass is 79.9. The van der Waals surface area contributed by atoms with E-state index in [1.165, 1.54) is 0 Å². The van der Waals surface area contributed by atoms with Gasteiger partial charge in [-0.05, 0) is 37.6 Å². The molecule has 0 aliphatic rings. The lowest BCUT2D eigenvalue weighted by Gasteiger charge is -2.05. The van der Waals surface area contributed by atoms with Gasteiger partial charge in [0, 0.05) is 5.33 Å². The SMILES string of the molecule is CCOc1ccc(S(=O)(=O)CCCBr)cc1. The van der Waals surface area contributed by atoms with Crippen molar-refractivity contribution < 1.29 is 13.2 Å². The fraction of sp³-hybridized carbons (Fsp3) is 0.455. The second kappa shape index (κ2) is 6.25. The molecule has 0 unspecified atom stereocenters. The molecule has 0 N–H and O–H groups in total. The molecule has 1 rings (SSSR count). The Morgan fingerprint density at radius 1 is 1.25 bits per heavy atom. The number of hydrogen-bond donors (Lipinski definition) is 0. The summed E-state index contributed by atoms with van der Waals surface area (Å²) in [6.45, 7) is 2.47. The summed E-state index contributed by atoms with van der Waals surface area (Å²) in [5.74, 6) is 0.869. The van der Waals surface area contributed by atoms with Crippen molar-refractivity contribution in [1.82, 2.24) is 0 Å². The molecule has 0 aliphatic carbocycles. The normalized spacial score (nSPS) is 11.4. The molecule has 0 aliphatic heterocycles. The Labute approximate surface area is 105 Å². The third kappa shape index (κ3) is 3.79. The minimum atomic E-state index is -3.14. The molecule has 0 aromatic heterocycles. The van der Waals surface area contributed by atoms with E-state index in [-0.39, 0.29) is 5.75 Å². The Morgan fingerprint density at radius 3 is 2.38 bits per heavy atom. The predicted octanol–water partition coefficient (Wildman–Crippen LogP) is 2.64. The van der Waals surface area contributed by atoms with E-state index < -0.39 is 9.84 Å². The van der Waals surface area contributed by atoms with Crippen LogP contribution in [-0.4, -0.2) is 26.1 Å². The van der Waals surface area contributed by atoms with Crippen molar-refractivity contribution in [3.63, 3.8) is 0 Å². The molecule has 1 aromatic carbocycles. The lowest BCUT2D eigenvalue weighted by atomic mass is 10.3. The van der Waals surface area contributed by atoms with Gasteiger partial charge in [-0.2, -0.15) is 0 Å². The lowest BCUT2D eigenvalue weighted by molar-refractivity contribution is 0.340. The van der Waals surface area contributed by atoms with Crippen molar-refractivity contribution in [3.8, 4) is 5.75 Å². The molecule has 3 nitrogen and oxygen atoms in total. The van der Waals surface area contributed by atoms with Gasteiger partial charge < -0.3 is 4.74 Å². The van der Waals surface area contributed by atoms with Crippen LogP contribution in [0.4, 0.5) is 0 Å². The first-order chi connectivity index (χ1) is 7.60. The number of alkyl halides is 1. The maximum Gasteiger partial charge on any atom is 0.178 e. The molecule has 0 amide bonds. The van der Waals surface area contributed by atoms with Crippen molar-refractivity contribution >= 4 is 25.8 Å². The number of hydrogen-bond acceptors (Lipinski definition) is 3. The van der Waals surface area contributed by atoms with E-state index in [2.05, 4.69) is 15.9 Å². The van der Waals surface area contributed by atoms with Gasteiger partial charge in [-0.1, -0.05) is 15.9 Å². The summed E-state index contributed by atoms with van der Waals surface area (Å²) < 4.78 is 28.8. The fourth-order valence-electron chi connectivity index (χ4n) is 1.27. The quantitative estimate of drug-likeness (QED) is 0.759. The maximum atomic E-state index is 11.8. The second-order valence-electron chi connectivity index (χ2n) is 3.27. The summed E-state index contributed by atoms with van der Waals surface area (Å²) in [7, 11) is -3.14. The first-order valence-electron chi connectivity index (χ1n) is 5.11. The zero-order valence-corrected chi connectivity index (χ0v) is 11.6. The molecular weight excluding hydrogens is 292 g/mol. The van der Waals surface area contributed by atoms with Crippen LogP contribution >= 0.6 is 15.9 Å². The van der Waals surface area contributed by atoms with Crippen molar-refractivity contribution in [2.75, 3.05) is 17.7 Å². The lowest BCUT2D eigenvalue weighted by Crippen LogP contribution is -2.07. The first kappa shape index (κ1) is 13.5. The van der Waals surface area contributed by atoms with Gasteiger partial charge in [0.05, 0.1) is 17.3 Å². The Kier molecular flexibility index (Phi) is 5.28. The van der Waals surface area contributed by atoms with Gasteiger partial charge >= 0.3 is 0 Å². The van der Waals surface area contributed by atoms with Gasteiger partial charge in [0.2, 0.25) is 0 Å². The summed E-state index contributed by atoms with van der Waals surface area (Å²) in [5, 5.41) is 0.698. The van der Waals surface area contributed by atoms with E-state index in [0.717, 1.165) is 0 Å². The van der Waals surface area contributed by atoms with Crippen LogP contribution in [0, 0.1) is 0 Å². The molecule has 0 atom stereocenters. The topological polar surface area (TPSA) is 43.4 Å². The highest BCUT2D eigenvalue weighted by molar-refractivity contribution is 9.09. The Hall–Kier alpha value is -0.550. The Morgan fingerprint density at radius 2 is 1.88 bits per heavy atom. The van der Waals surface area contributed by atoms with E-state index >= 15 is 0 Å². The molecule has 0 radical (unpaired) electrons. The van der Waals surface area contributed by atoms with E-state index in [4.69, 9.17) is 4.74 Å². The molecule has 0 spiro atoms. The highest BCUT2D eigenvalue weighted by Crippen LogP contribution is 2.17. The summed E-state index contributed by atoms with van der Waals surface area (Å²) in [4.78, 5) is 0.358. The van der Waals surface area contributed by atoms with Crippen LogP contribution < -0.4 is 4.74 Å². The van der Waals surface area contributed by atoms with E-state index in [1.54, 1.807) is 24.3 Å². The van der Waals surface area contributed by atoms with Gasteiger partial charge in [0.15, 0.2) is 9.84 Å². The number of halogens is 1. The fourth-order valence-corrected chi connectivity index (χ4v) is 3.23. The monoisotopic (exact) mass is 306 g/mol. The molecule has 0 saturated carbocycles. The smallest absolute Gasteiger partial charge is 0.178 e. The number of sulfone groups is 1. The number of ether oxygens (including phenoxy) is 1. The molecule has 0 saturated heterocycles. The van der Waals surface area contributed by atoms with Crippen LogP contribution in [0.15, 0.2) is 29.2 Å². The van der Waals surface area contributed by atoms with Crippen LogP contribution in [-0.2, 0) is 9.84 Å². The van der Waals surface area contributed by atoms with Crippen LogP contribution in [0.5, 0.6) is 5.75 Å². The summed E-state index contributed by atoms with van der Waals surface area (Å²) in [6.07, 6.45) is 0.621. The van der Waals surface area contributed by atoms with Gasteiger partial charge in [-0.25, -0.2) is 8.42 Å². The molecule has 5 heteroatoms. The standard InChI is InChI=1S/C11H15BrO3S/c1-2-15-10-4-6-11(7-5-10)16(13,14)9-3-8-12/h4-7H,2-3,8-9H2,1H3. The maximum absolute atomic E-state index is 11.8. The zero-order chi connectivity index (χ0) is 12.0. The Balaban J connectivity index is 2.80. The van der Waals surface area contributed by atoms with E-state index in [1.807, 2.05) is 6.92 Å². The van der Waals surface area contributed by atoms with Gasteiger partial charge in [-0.3, -0.25) is 0 Å². The Bertz CT molecular complexity index is 411. The molecule has 90 valence electrons. The third-order valence-electron chi connectivity index (χ3n) is 2.04. The molecule has 1 aromatic rings. The molecule has 16 heavy (non-hydrogen) atoms. The minimum Gasteiger partial charge on any atom is -0.494 e. The summed E-state index contributed by atoms with van der Waals surface area (Å²) in [5.41, 5.74) is 0. The van der Waals surface area contributed by atoms with Crippen LogP contribution in [0.3, 0.4) is 0 Å². The van der Waals surface area contributed by atoms with Crippen molar-refractivity contribution in [2.45, 2.75) is 18.2 Å². The van der Waals surface area contributed by atoms with Crippen molar-refractivity contribution in [2.24, 2.45) is 0 Å². The molecule has 0 heterocycles. The van der Waals surface area contributed by atoms with Crippen molar-refractivity contribution in [1.29, 1.82) is 0 Å². The molecular formula is C11H15BrO3S. The largest absolute Gasteiger partial charge is 0.494 e. The van der Waals surface area contributed by atoms with E-state index in [0.29, 0.717) is 29.0 Å². The van der Waals surface area contributed by atoms with Crippen LogP contribution in [0.25, 0.3) is 0 Å². The first-order valence-corrected chi connectivity index (χ1v) is 7.89. The summed E-state index contributed by atoms with van der Waals surface area (Å²) in [6, 6.07) is 6.55. The van der Waals surface area contributed by atoms with Gasteiger partial charge in [0.1, 0.15) is 5.75 Å². The highest BCUT2D eigenvalue weighted by Gasteiger charge is 2.13.